The second-order valence-corrected chi connectivity index (χ2v) is 3.79. The van der Waals surface area contributed by atoms with E-state index in [-0.39, 0.29) is 17.5 Å². The third-order valence-electron chi connectivity index (χ3n) is 2.41. The highest BCUT2D eigenvalue weighted by molar-refractivity contribution is 5.39. The fourth-order valence-corrected chi connectivity index (χ4v) is 1.64. The van der Waals surface area contributed by atoms with E-state index in [9.17, 15) is 8.78 Å². The van der Waals surface area contributed by atoms with Crippen molar-refractivity contribution in [2.45, 2.75) is 6.54 Å². The van der Waals surface area contributed by atoms with Crippen molar-refractivity contribution in [3.05, 3.63) is 59.8 Å². The maximum absolute atomic E-state index is 13.4. The van der Waals surface area contributed by atoms with Crippen molar-refractivity contribution in [1.82, 2.24) is 4.98 Å². The molecular weight excluding hydrogens is 222 g/mol. The first-order valence-electron chi connectivity index (χ1n) is 5.23. The van der Waals surface area contributed by atoms with E-state index < -0.39 is 0 Å². The normalized spacial score (nSPS) is 10.3. The topological polar surface area (TPSA) is 16.1 Å². The van der Waals surface area contributed by atoms with Gasteiger partial charge in [-0.2, -0.15) is 0 Å². The number of benzene rings is 1. The largest absolute Gasteiger partial charge is 0.353 e. The molecule has 17 heavy (non-hydrogen) atoms. The second kappa shape index (κ2) is 4.91. The number of rotatable bonds is 3. The van der Waals surface area contributed by atoms with E-state index in [1.807, 2.05) is 0 Å². The predicted octanol–water partition coefficient (Wildman–Crippen LogP) is 3.00. The summed E-state index contributed by atoms with van der Waals surface area (Å²) in [5, 5.41) is 0. The van der Waals surface area contributed by atoms with E-state index in [1.54, 1.807) is 24.1 Å². The molecule has 0 N–H and O–H groups in total. The molecule has 2 aromatic rings. The molecule has 1 aromatic carbocycles. The summed E-state index contributed by atoms with van der Waals surface area (Å²) in [4.78, 5) is 5.60. The molecular formula is C13H12F2N2. The molecule has 0 aliphatic heterocycles. The minimum absolute atomic E-state index is 0.261. The SMILES string of the molecule is CN(Cc1cccc(F)c1)c1ncccc1F. The Hall–Kier alpha value is -1.97. The van der Waals surface area contributed by atoms with Gasteiger partial charge in [0.1, 0.15) is 5.82 Å². The first kappa shape index (κ1) is 11.5. The van der Waals surface area contributed by atoms with Crippen LogP contribution in [-0.2, 0) is 6.54 Å². The summed E-state index contributed by atoms with van der Waals surface area (Å²) >= 11 is 0. The fraction of sp³-hybridized carbons (Fsp3) is 0.154. The zero-order valence-electron chi connectivity index (χ0n) is 9.40. The summed E-state index contributed by atoms with van der Waals surface area (Å²) in [7, 11) is 1.72. The van der Waals surface area contributed by atoms with Crippen LogP contribution in [0.1, 0.15) is 5.56 Å². The van der Waals surface area contributed by atoms with Crippen LogP contribution in [-0.4, -0.2) is 12.0 Å². The average Bonchev–Trinajstić information content (AvgIpc) is 2.29. The van der Waals surface area contributed by atoms with Crippen LogP contribution in [0.15, 0.2) is 42.6 Å². The van der Waals surface area contributed by atoms with Crippen LogP contribution in [0, 0.1) is 11.6 Å². The average molecular weight is 234 g/mol. The third kappa shape index (κ3) is 2.78. The first-order valence-corrected chi connectivity index (χ1v) is 5.23. The summed E-state index contributed by atoms with van der Waals surface area (Å²) in [6.45, 7) is 0.408. The number of pyridine rings is 1. The Bertz CT molecular complexity index is 514. The van der Waals surface area contributed by atoms with Gasteiger partial charge in [0, 0.05) is 19.8 Å². The molecule has 1 heterocycles. The van der Waals surface area contributed by atoms with Crippen LogP contribution >= 0.6 is 0 Å². The molecule has 0 amide bonds. The number of nitrogens with zero attached hydrogens (tertiary/aromatic N) is 2. The van der Waals surface area contributed by atoms with Gasteiger partial charge in [-0.1, -0.05) is 12.1 Å². The van der Waals surface area contributed by atoms with Crippen molar-refractivity contribution in [3.63, 3.8) is 0 Å². The van der Waals surface area contributed by atoms with Crippen LogP contribution in [0.2, 0.25) is 0 Å². The molecule has 2 nitrogen and oxygen atoms in total. The molecule has 0 aliphatic carbocycles. The Morgan fingerprint density at radius 3 is 2.71 bits per heavy atom. The number of hydrogen-bond acceptors (Lipinski definition) is 2. The quantitative estimate of drug-likeness (QED) is 0.811. The van der Waals surface area contributed by atoms with Crippen LogP contribution in [0.3, 0.4) is 0 Å². The Morgan fingerprint density at radius 1 is 1.18 bits per heavy atom. The van der Waals surface area contributed by atoms with Gasteiger partial charge in [-0.15, -0.1) is 0 Å². The van der Waals surface area contributed by atoms with Gasteiger partial charge < -0.3 is 4.90 Å². The Labute approximate surface area is 98.5 Å². The lowest BCUT2D eigenvalue weighted by atomic mass is 10.2. The Balaban J connectivity index is 2.17. The number of hydrogen-bond donors (Lipinski definition) is 0. The van der Waals surface area contributed by atoms with Crippen molar-refractivity contribution < 1.29 is 8.78 Å². The lowest BCUT2D eigenvalue weighted by Crippen LogP contribution is -2.19. The van der Waals surface area contributed by atoms with Gasteiger partial charge in [-0.25, -0.2) is 13.8 Å². The number of halogens is 2. The standard InChI is InChI=1S/C13H12F2N2/c1-17(13-12(15)6-3-7-16-13)9-10-4-2-5-11(14)8-10/h2-8H,9H2,1H3. The van der Waals surface area contributed by atoms with Gasteiger partial charge in [0.25, 0.3) is 0 Å². The molecule has 0 radical (unpaired) electrons. The summed E-state index contributed by atoms with van der Waals surface area (Å²) in [5.74, 6) is -0.416. The molecule has 0 atom stereocenters. The lowest BCUT2D eigenvalue weighted by Gasteiger charge is -2.18. The molecule has 0 aliphatic rings. The molecule has 0 bridgehead atoms. The fourth-order valence-electron chi connectivity index (χ4n) is 1.64. The van der Waals surface area contributed by atoms with Crippen LogP contribution in [0.4, 0.5) is 14.6 Å². The van der Waals surface area contributed by atoms with Crippen LogP contribution in [0.5, 0.6) is 0 Å². The minimum atomic E-state index is -0.383. The molecule has 0 spiro atoms. The number of anilines is 1. The van der Waals surface area contributed by atoms with Gasteiger partial charge >= 0.3 is 0 Å². The van der Waals surface area contributed by atoms with Crippen molar-refractivity contribution in [3.8, 4) is 0 Å². The first-order chi connectivity index (χ1) is 8.16. The molecule has 1 aromatic heterocycles. The molecule has 0 saturated heterocycles. The van der Waals surface area contributed by atoms with Gasteiger partial charge in [0.2, 0.25) is 0 Å². The van der Waals surface area contributed by atoms with E-state index in [0.717, 1.165) is 5.56 Å². The van der Waals surface area contributed by atoms with Crippen LogP contribution < -0.4 is 4.90 Å². The molecule has 2 rings (SSSR count). The van der Waals surface area contributed by atoms with Crippen molar-refractivity contribution in [1.29, 1.82) is 0 Å². The highest BCUT2D eigenvalue weighted by Gasteiger charge is 2.08. The molecule has 0 saturated carbocycles. The predicted molar refractivity (Wildman–Crippen MR) is 62.7 cm³/mol. The van der Waals surface area contributed by atoms with E-state index in [0.29, 0.717) is 6.54 Å². The zero-order chi connectivity index (χ0) is 12.3. The molecule has 0 fully saturated rings. The van der Waals surface area contributed by atoms with Gasteiger partial charge in [0.15, 0.2) is 11.6 Å². The van der Waals surface area contributed by atoms with E-state index >= 15 is 0 Å². The van der Waals surface area contributed by atoms with Crippen LogP contribution in [0.25, 0.3) is 0 Å². The smallest absolute Gasteiger partial charge is 0.165 e. The van der Waals surface area contributed by atoms with E-state index in [1.165, 1.54) is 30.5 Å². The number of aromatic nitrogens is 1. The maximum atomic E-state index is 13.4. The van der Waals surface area contributed by atoms with Crippen molar-refractivity contribution in [2.24, 2.45) is 0 Å². The zero-order valence-corrected chi connectivity index (χ0v) is 9.40. The highest BCUT2D eigenvalue weighted by atomic mass is 19.1. The van der Waals surface area contributed by atoms with Gasteiger partial charge in [0.05, 0.1) is 0 Å². The van der Waals surface area contributed by atoms with Crippen molar-refractivity contribution in [2.75, 3.05) is 11.9 Å². The minimum Gasteiger partial charge on any atom is -0.353 e. The molecule has 0 unspecified atom stereocenters. The third-order valence-corrected chi connectivity index (χ3v) is 2.41. The van der Waals surface area contributed by atoms with E-state index in [4.69, 9.17) is 0 Å². The second-order valence-electron chi connectivity index (χ2n) is 3.79. The summed E-state index contributed by atoms with van der Waals surface area (Å²) in [6, 6.07) is 9.12. The van der Waals surface area contributed by atoms with Gasteiger partial charge in [-0.3, -0.25) is 0 Å². The summed E-state index contributed by atoms with van der Waals surface area (Å²) in [6.07, 6.45) is 1.53. The van der Waals surface area contributed by atoms with E-state index in [2.05, 4.69) is 4.98 Å². The summed E-state index contributed by atoms with van der Waals surface area (Å²) < 4.78 is 26.4. The van der Waals surface area contributed by atoms with Crippen molar-refractivity contribution >= 4 is 5.82 Å². The molecule has 88 valence electrons. The Kier molecular flexibility index (Phi) is 3.32. The maximum Gasteiger partial charge on any atom is 0.165 e. The highest BCUT2D eigenvalue weighted by Crippen LogP contribution is 2.16. The summed E-state index contributed by atoms with van der Waals surface area (Å²) in [5.41, 5.74) is 0.776. The lowest BCUT2D eigenvalue weighted by molar-refractivity contribution is 0.613. The molecule has 4 heteroatoms. The Morgan fingerprint density at radius 2 is 2.00 bits per heavy atom. The van der Waals surface area contributed by atoms with Gasteiger partial charge in [-0.05, 0) is 29.8 Å². The monoisotopic (exact) mass is 234 g/mol.